The second-order valence-corrected chi connectivity index (χ2v) is 5.78. The zero-order valence-corrected chi connectivity index (χ0v) is 11.2. The van der Waals surface area contributed by atoms with E-state index in [1.54, 1.807) is 30.3 Å². The molecule has 104 valence electrons. The summed E-state index contributed by atoms with van der Waals surface area (Å²) in [6.07, 6.45) is 0.338. The minimum Gasteiger partial charge on any atom is -0.258 e. The van der Waals surface area contributed by atoms with Gasteiger partial charge in [-0.1, -0.05) is 30.3 Å². The number of hydrogen-bond acceptors (Lipinski definition) is 4. The third-order valence-corrected chi connectivity index (χ3v) is 3.83. The van der Waals surface area contributed by atoms with Crippen LogP contribution in [0.5, 0.6) is 0 Å². The van der Waals surface area contributed by atoms with Gasteiger partial charge in [-0.15, -0.1) is 0 Å². The van der Waals surface area contributed by atoms with Crippen LogP contribution < -0.4 is 5.14 Å². The normalized spacial score (nSPS) is 11.2. The standard InChI is InChI=1S/C13H12N2O4S/c14-20(18,19)13-4-2-1-3-11(13)9-10-5-7-12(8-6-10)15(16)17/h1-8H,9H2,(H2,14,18,19). The van der Waals surface area contributed by atoms with Gasteiger partial charge in [0.15, 0.2) is 0 Å². The Morgan fingerprint density at radius 1 is 1.05 bits per heavy atom. The molecule has 2 N–H and O–H groups in total. The number of benzene rings is 2. The van der Waals surface area contributed by atoms with E-state index >= 15 is 0 Å². The summed E-state index contributed by atoms with van der Waals surface area (Å²) < 4.78 is 23.0. The van der Waals surface area contributed by atoms with E-state index in [0.717, 1.165) is 5.56 Å². The van der Waals surface area contributed by atoms with Crippen LogP contribution in [0.3, 0.4) is 0 Å². The van der Waals surface area contributed by atoms with Crippen LogP contribution >= 0.6 is 0 Å². The fourth-order valence-electron chi connectivity index (χ4n) is 1.88. The zero-order chi connectivity index (χ0) is 14.8. The van der Waals surface area contributed by atoms with Crippen molar-refractivity contribution in [3.05, 3.63) is 69.8 Å². The SMILES string of the molecule is NS(=O)(=O)c1ccccc1Cc1ccc([N+](=O)[O-])cc1. The Bertz CT molecular complexity index is 739. The molecular weight excluding hydrogens is 280 g/mol. The number of nitrogens with two attached hydrogens (primary N) is 1. The van der Waals surface area contributed by atoms with E-state index < -0.39 is 14.9 Å². The molecule has 0 spiro atoms. The average Bonchev–Trinajstić information content (AvgIpc) is 2.38. The molecule has 0 amide bonds. The van der Waals surface area contributed by atoms with Gasteiger partial charge in [0, 0.05) is 12.1 Å². The smallest absolute Gasteiger partial charge is 0.258 e. The summed E-state index contributed by atoms with van der Waals surface area (Å²) in [6, 6.07) is 12.4. The van der Waals surface area contributed by atoms with Gasteiger partial charge < -0.3 is 0 Å². The second-order valence-electron chi connectivity index (χ2n) is 4.25. The number of nitro groups is 1. The number of hydrogen-bond donors (Lipinski definition) is 1. The van der Waals surface area contributed by atoms with Gasteiger partial charge >= 0.3 is 0 Å². The zero-order valence-electron chi connectivity index (χ0n) is 10.4. The molecule has 0 aliphatic heterocycles. The number of primary sulfonamides is 1. The number of nitrogens with zero attached hydrogens (tertiary/aromatic N) is 1. The Balaban J connectivity index is 2.33. The minimum atomic E-state index is -3.78. The van der Waals surface area contributed by atoms with E-state index in [2.05, 4.69) is 0 Å². The van der Waals surface area contributed by atoms with Crippen molar-refractivity contribution in [2.45, 2.75) is 11.3 Å². The topological polar surface area (TPSA) is 103 Å². The van der Waals surface area contributed by atoms with Gasteiger partial charge in [-0.2, -0.15) is 0 Å². The summed E-state index contributed by atoms with van der Waals surface area (Å²) in [6.45, 7) is 0. The van der Waals surface area contributed by atoms with Crippen LogP contribution in [0.4, 0.5) is 5.69 Å². The van der Waals surface area contributed by atoms with Crippen molar-refractivity contribution < 1.29 is 13.3 Å². The van der Waals surface area contributed by atoms with Crippen LogP contribution in [0.25, 0.3) is 0 Å². The summed E-state index contributed by atoms with van der Waals surface area (Å²) in [5, 5.41) is 15.7. The molecule has 6 nitrogen and oxygen atoms in total. The lowest BCUT2D eigenvalue weighted by Gasteiger charge is -2.07. The molecule has 20 heavy (non-hydrogen) atoms. The molecule has 0 unspecified atom stereocenters. The maximum Gasteiger partial charge on any atom is 0.269 e. The van der Waals surface area contributed by atoms with Crippen LogP contribution in [-0.4, -0.2) is 13.3 Å². The maximum absolute atomic E-state index is 11.5. The molecule has 0 saturated heterocycles. The fraction of sp³-hybridized carbons (Fsp3) is 0.0769. The van der Waals surface area contributed by atoms with Crippen LogP contribution in [0, 0.1) is 10.1 Å². The molecule has 0 aromatic heterocycles. The van der Waals surface area contributed by atoms with Crippen molar-refractivity contribution in [1.29, 1.82) is 0 Å². The number of non-ortho nitro benzene ring substituents is 1. The van der Waals surface area contributed by atoms with Crippen LogP contribution in [0.2, 0.25) is 0 Å². The molecule has 0 aliphatic rings. The predicted molar refractivity (Wildman–Crippen MR) is 73.7 cm³/mol. The van der Waals surface area contributed by atoms with Gasteiger partial charge in [-0.3, -0.25) is 10.1 Å². The second kappa shape index (κ2) is 5.40. The third-order valence-electron chi connectivity index (χ3n) is 2.82. The highest BCUT2D eigenvalue weighted by molar-refractivity contribution is 7.89. The van der Waals surface area contributed by atoms with Gasteiger partial charge in [-0.25, -0.2) is 13.6 Å². The number of rotatable bonds is 4. The quantitative estimate of drug-likeness (QED) is 0.685. The summed E-state index contributed by atoms with van der Waals surface area (Å²) >= 11 is 0. The first-order chi connectivity index (χ1) is 9.38. The summed E-state index contributed by atoms with van der Waals surface area (Å²) in [7, 11) is -3.78. The van der Waals surface area contributed by atoms with Gasteiger partial charge in [0.2, 0.25) is 10.0 Å². The van der Waals surface area contributed by atoms with Gasteiger partial charge in [0.05, 0.1) is 9.82 Å². The van der Waals surface area contributed by atoms with Gasteiger partial charge in [-0.05, 0) is 23.6 Å². The predicted octanol–water partition coefficient (Wildman–Crippen LogP) is 1.83. The lowest BCUT2D eigenvalue weighted by Crippen LogP contribution is -2.14. The van der Waals surface area contributed by atoms with Crippen molar-refractivity contribution in [3.63, 3.8) is 0 Å². The van der Waals surface area contributed by atoms with Crippen LogP contribution in [-0.2, 0) is 16.4 Å². The monoisotopic (exact) mass is 292 g/mol. The van der Waals surface area contributed by atoms with E-state index in [9.17, 15) is 18.5 Å². The molecule has 0 fully saturated rings. The Hall–Kier alpha value is -2.25. The minimum absolute atomic E-state index is 0.00604. The largest absolute Gasteiger partial charge is 0.269 e. The molecule has 0 heterocycles. The Kier molecular flexibility index (Phi) is 3.82. The number of sulfonamides is 1. The Morgan fingerprint density at radius 2 is 1.65 bits per heavy atom. The first-order valence-electron chi connectivity index (χ1n) is 5.72. The molecule has 0 saturated carbocycles. The highest BCUT2D eigenvalue weighted by Gasteiger charge is 2.13. The van der Waals surface area contributed by atoms with Crippen LogP contribution in [0.15, 0.2) is 53.4 Å². The van der Waals surface area contributed by atoms with Crippen molar-refractivity contribution in [2.24, 2.45) is 5.14 Å². The number of nitro benzene ring substituents is 1. The molecule has 0 aliphatic carbocycles. The molecule has 7 heteroatoms. The summed E-state index contributed by atoms with van der Waals surface area (Å²) in [5.41, 5.74) is 1.32. The fourth-order valence-corrected chi connectivity index (χ4v) is 2.66. The van der Waals surface area contributed by atoms with E-state index in [-0.39, 0.29) is 10.6 Å². The van der Waals surface area contributed by atoms with Gasteiger partial charge in [0.1, 0.15) is 0 Å². The van der Waals surface area contributed by atoms with Crippen molar-refractivity contribution in [3.8, 4) is 0 Å². The lowest BCUT2D eigenvalue weighted by molar-refractivity contribution is -0.384. The Labute approximate surface area is 116 Å². The van der Waals surface area contributed by atoms with E-state index in [4.69, 9.17) is 5.14 Å². The highest BCUT2D eigenvalue weighted by atomic mass is 32.2. The summed E-state index contributed by atoms with van der Waals surface area (Å²) in [4.78, 5) is 10.1. The van der Waals surface area contributed by atoms with E-state index in [1.165, 1.54) is 18.2 Å². The lowest BCUT2D eigenvalue weighted by atomic mass is 10.0. The average molecular weight is 292 g/mol. The van der Waals surface area contributed by atoms with Crippen molar-refractivity contribution in [1.82, 2.24) is 0 Å². The van der Waals surface area contributed by atoms with E-state index in [0.29, 0.717) is 12.0 Å². The molecule has 0 atom stereocenters. The first-order valence-corrected chi connectivity index (χ1v) is 7.26. The first kappa shape index (κ1) is 14.2. The molecular formula is C13H12N2O4S. The van der Waals surface area contributed by atoms with E-state index in [1.807, 2.05) is 0 Å². The van der Waals surface area contributed by atoms with Crippen molar-refractivity contribution >= 4 is 15.7 Å². The van der Waals surface area contributed by atoms with Gasteiger partial charge in [0.25, 0.3) is 5.69 Å². The molecule has 2 aromatic rings. The molecule has 0 bridgehead atoms. The third kappa shape index (κ3) is 3.19. The van der Waals surface area contributed by atoms with Crippen LogP contribution in [0.1, 0.15) is 11.1 Å². The molecule has 0 radical (unpaired) electrons. The maximum atomic E-state index is 11.5. The molecule has 2 rings (SSSR count). The Morgan fingerprint density at radius 3 is 2.20 bits per heavy atom. The summed E-state index contributed by atoms with van der Waals surface area (Å²) in [5.74, 6) is 0. The molecule has 2 aromatic carbocycles. The van der Waals surface area contributed by atoms with Crippen molar-refractivity contribution in [2.75, 3.05) is 0 Å². The highest BCUT2D eigenvalue weighted by Crippen LogP contribution is 2.19.